The molecule has 1 rings (SSSR count). The minimum Gasteiger partial charge on any atom is -0.444 e. The highest BCUT2D eigenvalue weighted by Gasteiger charge is 2.20. The van der Waals surface area contributed by atoms with Crippen LogP contribution in [0.25, 0.3) is 0 Å². The van der Waals surface area contributed by atoms with Crippen molar-refractivity contribution in [1.82, 2.24) is 10.3 Å². The van der Waals surface area contributed by atoms with E-state index in [-0.39, 0.29) is 6.42 Å². The highest BCUT2D eigenvalue weighted by Crippen LogP contribution is 2.11. The lowest BCUT2D eigenvalue weighted by Crippen LogP contribution is -2.43. The zero-order valence-corrected chi connectivity index (χ0v) is 9.77. The summed E-state index contributed by atoms with van der Waals surface area (Å²) in [4.78, 5) is 26.1. The average Bonchev–Trinajstić information content (AvgIpc) is 2.63. The molecule has 0 saturated heterocycles. The van der Waals surface area contributed by atoms with Gasteiger partial charge in [0.2, 0.25) is 17.7 Å². The van der Waals surface area contributed by atoms with E-state index in [1.807, 2.05) is 0 Å². The molecule has 2 unspecified atom stereocenters. The first-order valence-electron chi connectivity index (χ1n) is 5.16. The van der Waals surface area contributed by atoms with Crippen molar-refractivity contribution in [3.8, 4) is 0 Å². The van der Waals surface area contributed by atoms with E-state index in [1.54, 1.807) is 20.0 Å². The van der Waals surface area contributed by atoms with Gasteiger partial charge < -0.3 is 21.2 Å². The van der Waals surface area contributed by atoms with Crippen molar-refractivity contribution in [3.63, 3.8) is 0 Å². The molecule has 0 saturated carbocycles. The van der Waals surface area contributed by atoms with E-state index in [4.69, 9.17) is 15.9 Å². The maximum absolute atomic E-state index is 11.6. The lowest BCUT2D eigenvalue weighted by atomic mass is 10.2. The van der Waals surface area contributed by atoms with Gasteiger partial charge in [0.1, 0.15) is 11.8 Å². The van der Waals surface area contributed by atoms with Gasteiger partial charge in [-0.2, -0.15) is 0 Å². The monoisotopic (exact) mass is 240 g/mol. The van der Waals surface area contributed by atoms with E-state index >= 15 is 0 Å². The summed E-state index contributed by atoms with van der Waals surface area (Å²) in [5.41, 5.74) is 10.4. The Morgan fingerprint density at radius 2 is 2.24 bits per heavy atom. The predicted octanol–water partition coefficient (Wildman–Crippen LogP) is -0.637. The minimum atomic E-state index is -0.953. The molecule has 0 aliphatic rings. The average molecular weight is 240 g/mol. The van der Waals surface area contributed by atoms with Crippen LogP contribution in [0.4, 0.5) is 0 Å². The summed E-state index contributed by atoms with van der Waals surface area (Å²) in [7, 11) is 0. The highest BCUT2D eigenvalue weighted by atomic mass is 16.4. The fourth-order valence-corrected chi connectivity index (χ4v) is 1.26. The summed E-state index contributed by atoms with van der Waals surface area (Å²) in [5.74, 6) is -0.0379. The number of amides is 2. The van der Waals surface area contributed by atoms with Gasteiger partial charge in [0, 0.05) is 0 Å². The van der Waals surface area contributed by atoms with Crippen molar-refractivity contribution in [2.24, 2.45) is 11.5 Å². The number of hydrogen-bond acceptors (Lipinski definition) is 5. The molecule has 17 heavy (non-hydrogen) atoms. The number of nitrogens with one attached hydrogen (secondary N) is 1. The zero-order valence-electron chi connectivity index (χ0n) is 9.77. The van der Waals surface area contributed by atoms with Crippen molar-refractivity contribution < 1.29 is 14.0 Å². The molecule has 94 valence electrons. The number of carbonyl (C=O) groups is 2. The maximum atomic E-state index is 11.6. The SMILES string of the molecule is Cc1cnc(C(C)NC(=O)C(N)CC(N)=O)o1. The van der Waals surface area contributed by atoms with Crippen molar-refractivity contribution >= 4 is 11.8 Å². The molecule has 2 atom stereocenters. The first-order valence-corrected chi connectivity index (χ1v) is 5.16. The van der Waals surface area contributed by atoms with Crippen molar-refractivity contribution in [2.45, 2.75) is 32.4 Å². The number of primary amides is 1. The fourth-order valence-electron chi connectivity index (χ4n) is 1.26. The smallest absolute Gasteiger partial charge is 0.238 e. The molecular formula is C10H16N4O3. The molecule has 0 bridgehead atoms. The molecule has 0 aliphatic carbocycles. The molecule has 1 aromatic rings. The van der Waals surface area contributed by atoms with Crippen LogP contribution in [0.3, 0.4) is 0 Å². The van der Waals surface area contributed by atoms with Gasteiger partial charge >= 0.3 is 0 Å². The van der Waals surface area contributed by atoms with Crippen LogP contribution >= 0.6 is 0 Å². The van der Waals surface area contributed by atoms with Crippen LogP contribution in [-0.4, -0.2) is 22.8 Å². The second kappa shape index (κ2) is 5.44. The summed E-state index contributed by atoms with van der Waals surface area (Å²) >= 11 is 0. The topological polar surface area (TPSA) is 124 Å². The molecule has 0 aromatic carbocycles. The van der Waals surface area contributed by atoms with E-state index in [0.29, 0.717) is 11.7 Å². The van der Waals surface area contributed by atoms with Crippen molar-refractivity contribution in [1.29, 1.82) is 0 Å². The van der Waals surface area contributed by atoms with Crippen molar-refractivity contribution in [2.75, 3.05) is 0 Å². The van der Waals surface area contributed by atoms with Crippen LogP contribution in [0.1, 0.15) is 31.0 Å². The van der Waals surface area contributed by atoms with E-state index < -0.39 is 23.9 Å². The van der Waals surface area contributed by atoms with E-state index in [9.17, 15) is 9.59 Å². The quantitative estimate of drug-likeness (QED) is 0.631. The lowest BCUT2D eigenvalue weighted by molar-refractivity contribution is -0.126. The van der Waals surface area contributed by atoms with Gasteiger partial charge in [-0.15, -0.1) is 0 Å². The van der Waals surface area contributed by atoms with Gasteiger partial charge in [-0.05, 0) is 13.8 Å². The van der Waals surface area contributed by atoms with Crippen LogP contribution in [-0.2, 0) is 9.59 Å². The third kappa shape index (κ3) is 3.87. The van der Waals surface area contributed by atoms with Crippen LogP contribution in [0, 0.1) is 6.92 Å². The molecule has 1 aromatic heterocycles. The third-order valence-corrected chi connectivity index (χ3v) is 2.13. The Morgan fingerprint density at radius 3 is 2.71 bits per heavy atom. The summed E-state index contributed by atoms with van der Waals surface area (Å²) in [6.45, 7) is 3.46. The first-order chi connectivity index (χ1) is 7.90. The normalized spacial score (nSPS) is 14.1. The van der Waals surface area contributed by atoms with E-state index in [0.717, 1.165) is 0 Å². The minimum absolute atomic E-state index is 0.191. The number of oxazole rings is 1. The molecule has 5 N–H and O–H groups in total. The Bertz CT molecular complexity index is 415. The number of carbonyl (C=O) groups excluding carboxylic acids is 2. The van der Waals surface area contributed by atoms with Gasteiger partial charge in [-0.1, -0.05) is 0 Å². The van der Waals surface area contributed by atoms with Crippen LogP contribution < -0.4 is 16.8 Å². The molecule has 7 heteroatoms. The first kappa shape index (κ1) is 13.2. The summed E-state index contributed by atoms with van der Waals surface area (Å²) in [6.07, 6.45) is 1.37. The maximum Gasteiger partial charge on any atom is 0.238 e. The Kier molecular flexibility index (Phi) is 4.22. The molecular weight excluding hydrogens is 224 g/mol. The zero-order chi connectivity index (χ0) is 13.0. The number of nitrogens with zero attached hydrogens (tertiary/aromatic N) is 1. The molecule has 0 spiro atoms. The molecule has 2 amide bonds. The number of rotatable bonds is 5. The van der Waals surface area contributed by atoms with Gasteiger partial charge in [-0.3, -0.25) is 9.59 Å². The summed E-state index contributed by atoms with van der Waals surface area (Å²) in [5, 5.41) is 2.59. The van der Waals surface area contributed by atoms with Crippen molar-refractivity contribution in [3.05, 3.63) is 17.8 Å². The Balaban J connectivity index is 2.53. The van der Waals surface area contributed by atoms with Crippen LogP contribution in [0.2, 0.25) is 0 Å². The lowest BCUT2D eigenvalue weighted by Gasteiger charge is -2.14. The molecule has 1 heterocycles. The van der Waals surface area contributed by atoms with Gasteiger partial charge in [0.05, 0.1) is 18.7 Å². The van der Waals surface area contributed by atoms with E-state index in [2.05, 4.69) is 10.3 Å². The summed E-state index contributed by atoms with van der Waals surface area (Å²) in [6, 6.07) is -1.36. The highest BCUT2D eigenvalue weighted by molar-refractivity contribution is 5.87. The Hall–Kier alpha value is -1.89. The number of aryl methyl sites for hydroxylation is 1. The number of hydrogen-bond donors (Lipinski definition) is 3. The summed E-state index contributed by atoms with van der Waals surface area (Å²) < 4.78 is 5.25. The number of aromatic nitrogens is 1. The second-order valence-corrected chi connectivity index (χ2v) is 3.82. The predicted molar refractivity (Wildman–Crippen MR) is 59.6 cm³/mol. The molecule has 0 radical (unpaired) electrons. The number of nitrogens with two attached hydrogens (primary N) is 2. The van der Waals surface area contributed by atoms with Crippen LogP contribution in [0.5, 0.6) is 0 Å². The molecule has 0 fully saturated rings. The standard InChI is InChI=1S/C10H16N4O3/c1-5-4-13-10(17-5)6(2)14-9(16)7(11)3-8(12)15/h4,6-7H,3,11H2,1-2H3,(H2,12,15)(H,14,16). The third-order valence-electron chi connectivity index (χ3n) is 2.13. The Labute approximate surface area is 98.6 Å². The Morgan fingerprint density at radius 1 is 1.59 bits per heavy atom. The fraction of sp³-hybridized carbons (Fsp3) is 0.500. The van der Waals surface area contributed by atoms with Crippen LogP contribution in [0.15, 0.2) is 10.6 Å². The van der Waals surface area contributed by atoms with E-state index in [1.165, 1.54) is 0 Å². The largest absolute Gasteiger partial charge is 0.444 e. The molecule has 0 aliphatic heterocycles. The second-order valence-electron chi connectivity index (χ2n) is 3.82. The van der Waals surface area contributed by atoms with Gasteiger partial charge in [0.25, 0.3) is 0 Å². The van der Waals surface area contributed by atoms with Gasteiger partial charge in [0.15, 0.2) is 0 Å². The molecule has 7 nitrogen and oxygen atoms in total. The van der Waals surface area contributed by atoms with Gasteiger partial charge in [-0.25, -0.2) is 4.98 Å².